The number of aromatic nitrogens is 3. The molecule has 0 aliphatic heterocycles. The molecule has 0 atom stereocenters. The van der Waals surface area contributed by atoms with Crippen molar-refractivity contribution in [2.75, 3.05) is 0 Å². The number of hydrogen-bond donors (Lipinski definition) is 1. The van der Waals surface area contributed by atoms with Crippen LogP contribution >= 0.6 is 11.3 Å². The number of aldehydes is 1. The third-order valence-electron chi connectivity index (χ3n) is 1.81. The predicted octanol–water partition coefficient (Wildman–Crippen LogP) is 1.17. The van der Waals surface area contributed by atoms with Crippen molar-refractivity contribution in [3.63, 3.8) is 0 Å². The summed E-state index contributed by atoms with van der Waals surface area (Å²) in [5.74, 6) is 0.111. The van der Waals surface area contributed by atoms with E-state index in [1.165, 1.54) is 28.4 Å². The van der Waals surface area contributed by atoms with Gasteiger partial charge < -0.3 is 9.90 Å². The Bertz CT molecular complexity index is 463. The van der Waals surface area contributed by atoms with E-state index in [0.717, 1.165) is 11.2 Å². The molecule has 0 bridgehead atoms. The van der Waals surface area contributed by atoms with E-state index in [2.05, 4.69) is 10.1 Å². The second-order valence-electron chi connectivity index (χ2n) is 2.96. The smallest absolute Gasteiger partial charge is 0.210 e. The first kappa shape index (κ1) is 9.85. The van der Waals surface area contributed by atoms with Crippen molar-refractivity contribution in [1.82, 2.24) is 14.8 Å². The van der Waals surface area contributed by atoms with Crippen molar-refractivity contribution in [1.29, 1.82) is 0 Å². The number of aromatic hydroxyl groups is 1. The fourth-order valence-corrected chi connectivity index (χ4v) is 2.00. The third-order valence-corrected chi connectivity index (χ3v) is 2.86. The van der Waals surface area contributed by atoms with Gasteiger partial charge in [-0.1, -0.05) is 11.3 Å². The van der Waals surface area contributed by atoms with Gasteiger partial charge in [-0.3, -0.25) is 0 Å². The molecule has 0 saturated carbocycles. The van der Waals surface area contributed by atoms with Gasteiger partial charge in [0.25, 0.3) is 0 Å². The average Bonchev–Trinajstić information content (AvgIpc) is 2.83. The topological polar surface area (TPSA) is 68.0 Å². The Morgan fingerprint density at radius 3 is 3.07 bits per heavy atom. The maximum absolute atomic E-state index is 10.2. The van der Waals surface area contributed by atoms with Crippen molar-refractivity contribution in [3.05, 3.63) is 23.5 Å². The molecule has 0 spiro atoms. The Hall–Kier alpha value is -1.69. The zero-order valence-electron chi connectivity index (χ0n) is 7.83. The first-order chi connectivity index (χ1) is 7.29. The minimum Gasteiger partial charge on any atom is -0.505 e. The van der Waals surface area contributed by atoms with Crippen LogP contribution in [0.15, 0.2) is 18.6 Å². The zero-order valence-corrected chi connectivity index (χ0v) is 8.65. The SMILES string of the molecule is O=CCCc1cnc(-n2cc(O)cn2)s1. The molecular weight excluding hydrogens is 214 g/mol. The van der Waals surface area contributed by atoms with Gasteiger partial charge >= 0.3 is 0 Å². The maximum atomic E-state index is 10.2. The van der Waals surface area contributed by atoms with E-state index in [-0.39, 0.29) is 5.75 Å². The van der Waals surface area contributed by atoms with E-state index in [1.54, 1.807) is 6.20 Å². The lowest BCUT2D eigenvalue weighted by molar-refractivity contribution is -0.107. The Labute approximate surface area is 90.0 Å². The highest BCUT2D eigenvalue weighted by atomic mass is 32.1. The number of carbonyl (C=O) groups is 1. The van der Waals surface area contributed by atoms with Crippen LogP contribution in [0.2, 0.25) is 0 Å². The van der Waals surface area contributed by atoms with Gasteiger partial charge in [-0.25, -0.2) is 9.67 Å². The normalized spacial score (nSPS) is 10.4. The quantitative estimate of drug-likeness (QED) is 0.790. The van der Waals surface area contributed by atoms with Gasteiger partial charge in [0.15, 0.2) is 5.75 Å². The highest BCUT2D eigenvalue weighted by molar-refractivity contribution is 7.14. The molecule has 0 fully saturated rings. The van der Waals surface area contributed by atoms with Crippen molar-refractivity contribution in [3.8, 4) is 10.9 Å². The Morgan fingerprint density at radius 1 is 1.53 bits per heavy atom. The molecule has 2 rings (SSSR count). The standard InChI is InChI=1S/C9H9N3O2S/c13-3-1-2-8-5-10-9(15-8)12-6-7(14)4-11-12/h3-6,14H,1-2H2. The third kappa shape index (κ3) is 2.21. The number of nitrogens with zero attached hydrogens (tertiary/aromatic N) is 3. The molecule has 2 aromatic rings. The van der Waals surface area contributed by atoms with Crippen LogP contribution in [0.25, 0.3) is 5.13 Å². The number of hydrogen-bond acceptors (Lipinski definition) is 5. The molecule has 5 nitrogen and oxygen atoms in total. The van der Waals surface area contributed by atoms with Gasteiger partial charge in [0.05, 0.1) is 12.4 Å². The van der Waals surface area contributed by atoms with Gasteiger partial charge in [-0.05, 0) is 6.42 Å². The van der Waals surface area contributed by atoms with E-state index >= 15 is 0 Å². The lowest BCUT2D eigenvalue weighted by Gasteiger charge is -1.91. The Morgan fingerprint density at radius 2 is 2.40 bits per heavy atom. The molecule has 15 heavy (non-hydrogen) atoms. The van der Waals surface area contributed by atoms with Crippen molar-refractivity contribution in [2.45, 2.75) is 12.8 Å². The highest BCUT2D eigenvalue weighted by Gasteiger charge is 2.05. The summed E-state index contributed by atoms with van der Waals surface area (Å²) in [5.41, 5.74) is 0. The van der Waals surface area contributed by atoms with Gasteiger partial charge in [-0.2, -0.15) is 5.10 Å². The lowest BCUT2D eigenvalue weighted by Crippen LogP contribution is -1.91. The molecule has 1 N–H and O–H groups in total. The molecular formula is C9H9N3O2S. The minimum absolute atomic E-state index is 0.111. The summed E-state index contributed by atoms with van der Waals surface area (Å²) in [6.07, 6.45) is 6.66. The van der Waals surface area contributed by atoms with Crippen molar-refractivity contribution >= 4 is 17.6 Å². The van der Waals surface area contributed by atoms with Gasteiger partial charge in [-0.15, -0.1) is 0 Å². The highest BCUT2D eigenvalue weighted by Crippen LogP contribution is 2.19. The predicted molar refractivity (Wildman–Crippen MR) is 55.3 cm³/mol. The molecule has 0 unspecified atom stereocenters. The van der Waals surface area contributed by atoms with Crippen LogP contribution in [0.1, 0.15) is 11.3 Å². The van der Waals surface area contributed by atoms with E-state index in [4.69, 9.17) is 5.11 Å². The molecule has 0 aliphatic carbocycles. The van der Waals surface area contributed by atoms with Crippen LogP contribution in [0, 0.1) is 0 Å². The van der Waals surface area contributed by atoms with Crippen LogP contribution in [-0.4, -0.2) is 26.2 Å². The lowest BCUT2D eigenvalue weighted by atomic mass is 10.3. The summed E-state index contributed by atoms with van der Waals surface area (Å²) < 4.78 is 1.50. The first-order valence-electron chi connectivity index (χ1n) is 4.42. The minimum atomic E-state index is 0.111. The molecule has 0 saturated heterocycles. The van der Waals surface area contributed by atoms with Crippen LogP contribution < -0.4 is 0 Å². The summed E-state index contributed by atoms with van der Waals surface area (Å²) in [5, 5.41) is 13.7. The van der Waals surface area contributed by atoms with Gasteiger partial charge in [0.1, 0.15) is 6.29 Å². The molecule has 2 aromatic heterocycles. The summed E-state index contributed by atoms with van der Waals surface area (Å²) in [4.78, 5) is 15.4. The number of thiazole rings is 1. The monoisotopic (exact) mass is 223 g/mol. The van der Waals surface area contributed by atoms with Crippen LogP contribution in [0.3, 0.4) is 0 Å². The summed E-state index contributed by atoms with van der Waals surface area (Å²) >= 11 is 1.46. The Balaban J connectivity index is 2.16. The molecule has 0 aromatic carbocycles. The summed E-state index contributed by atoms with van der Waals surface area (Å²) in [7, 11) is 0. The fraction of sp³-hybridized carbons (Fsp3) is 0.222. The average molecular weight is 223 g/mol. The molecule has 6 heteroatoms. The molecule has 0 radical (unpaired) electrons. The van der Waals surface area contributed by atoms with Crippen LogP contribution in [0.5, 0.6) is 5.75 Å². The number of rotatable bonds is 4. The maximum Gasteiger partial charge on any atom is 0.210 e. The first-order valence-corrected chi connectivity index (χ1v) is 5.23. The molecule has 0 aliphatic rings. The number of carbonyl (C=O) groups excluding carboxylic acids is 1. The van der Waals surface area contributed by atoms with E-state index in [9.17, 15) is 4.79 Å². The van der Waals surface area contributed by atoms with E-state index in [1.807, 2.05) is 0 Å². The van der Waals surface area contributed by atoms with Crippen LogP contribution in [0.4, 0.5) is 0 Å². The zero-order chi connectivity index (χ0) is 10.7. The molecule has 0 amide bonds. The van der Waals surface area contributed by atoms with E-state index < -0.39 is 0 Å². The Kier molecular flexibility index (Phi) is 2.77. The molecule has 78 valence electrons. The fourth-order valence-electron chi connectivity index (χ4n) is 1.14. The van der Waals surface area contributed by atoms with Crippen LogP contribution in [-0.2, 0) is 11.2 Å². The van der Waals surface area contributed by atoms with Gasteiger partial charge in [0.2, 0.25) is 5.13 Å². The van der Waals surface area contributed by atoms with Crippen molar-refractivity contribution < 1.29 is 9.90 Å². The van der Waals surface area contributed by atoms with E-state index in [0.29, 0.717) is 18.0 Å². The van der Waals surface area contributed by atoms with Gasteiger partial charge in [0, 0.05) is 17.5 Å². The van der Waals surface area contributed by atoms with Crippen molar-refractivity contribution in [2.24, 2.45) is 0 Å². The number of aryl methyl sites for hydroxylation is 1. The second kappa shape index (κ2) is 4.22. The summed E-state index contributed by atoms with van der Waals surface area (Å²) in [6, 6.07) is 0. The summed E-state index contributed by atoms with van der Waals surface area (Å²) in [6.45, 7) is 0. The second-order valence-corrected chi connectivity index (χ2v) is 4.05. The molecule has 2 heterocycles. The largest absolute Gasteiger partial charge is 0.505 e.